The molecule has 1 N–H and O–H groups in total. The van der Waals surface area contributed by atoms with Gasteiger partial charge >= 0.3 is 0 Å². The Hall–Kier alpha value is -0.700. The van der Waals surface area contributed by atoms with Crippen molar-refractivity contribution >= 4 is 12.1 Å². The summed E-state index contributed by atoms with van der Waals surface area (Å²) in [5.74, 6) is 0.131. The van der Waals surface area contributed by atoms with Crippen LogP contribution in [-0.2, 0) is 9.59 Å². The van der Waals surface area contributed by atoms with Gasteiger partial charge in [0.2, 0.25) is 0 Å². The van der Waals surface area contributed by atoms with Crippen LogP contribution in [0.3, 0.4) is 0 Å². The summed E-state index contributed by atoms with van der Waals surface area (Å²) in [5.41, 5.74) is 0. The summed E-state index contributed by atoms with van der Waals surface area (Å²) in [5, 5.41) is 2.91. The first-order valence-corrected chi connectivity index (χ1v) is 3.41. The summed E-state index contributed by atoms with van der Waals surface area (Å²) >= 11 is 0. The third kappa shape index (κ3) is 7.30. The number of Topliss-reactive ketones (excluding diaryl/α,β-unsaturated/α-hetero) is 1. The highest BCUT2D eigenvalue weighted by Gasteiger charge is 1.90. The van der Waals surface area contributed by atoms with E-state index in [9.17, 15) is 9.59 Å². The Labute approximate surface area is 60.8 Å². The highest BCUT2D eigenvalue weighted by molar-refractivity contribution is 5.77. The van der Waals surface area contributed by atoms with Crippen LogP contribution in [0.4, 0.5) is 0 Å². The van der Waals surface area contributed by atoms with Gasteiger partial charge in [0.05, 0.1) is 6.54 Å². The maximum atomic E-state index is 10.3. The predicted octanol–water partition coefficient (Wildman–Crippen LogP) is 0.144. The van der Waals surface area contributed by atoms with Gasteiger partial charge in [0.25, 0.3) is 0 Å². The molecule has 0 heterocycles. The lowest BCUT2D eigenvalue weighted by Crippen LogP contribution is -2.21. The van der Waals surface area contributed by atoms with E-state index in [-0.39, 0.29) is 5.78 Å². The van der Waals surface area contributed by atoms with Crippen molar-refractivity contribution in [2.45, 2.75) is 19.8 Å². The van der Waals surface area contributed by atoms with Gasteiger partial charge in [0, 0.05) is 6.42 Å². The van der Waals surface area contributed by atoms with Crippen molar-refractivity contribution in [3.05, 3.63) is 0 Å². The first-order valence-electron chi connectivity index (χ1n) is 3.41. The third-order valence-corrected chi connectivity index (χ3v) is 1.05. The van der Waals surface area contributed by atoms with E-state index >= 15 is 0 Å². The van der Waals surface area contributed by atoms with Crippen LogP contribution in [0.25, 0.3) is 0 Å². The number of hydrogen-bond donors (Lipinski definition) is 1. The summed E-state index contributed by atoms with van der Waals surface area (Å²) in [4.78, 5) is 20.2. The van der Waals surface area contributed by atoms with Gasteiger partial charge < -0.3 is 10.1 Å². The first-order chi connectivity index (χ1) is 4.77. The van der Waals surface area contributed by atoms with Crippen molar-refractivity contribution in [2.24, 2.45) is 0 Å². The minimum atomic E-state index is 0.131. The van der Waals surface area contributed by atoms with Crippen molar-refractivity contribution < 1.29 is 9.59 Å². The van der Waals surface area contributed by atoms with Gasteiger partial charge in [-0.25, -0.2) is 0 Å². The van der Waals surface area contributed by atoms with E-state index < -0.39 is 0 Å². The van der Waals surface area contributed by atoms with Crippen LogP contribution in [0.1, 0.15) is 19.8 Å². The summed E-state index contributed by atoms with van der Waals surface area (Å²) in [6, 6.07) is 0. The fourth-order valence-electron chi connectivity index (χ4n) is 0.575. The molecule has 58 valence electrons. The second kappa shape index (κ2) is 6.42. The molecule has 0 atom stereocenters. The van der Waals surface area contributed by atoms with E-state index in [0.29, 0.717) is 13.0 Å². The molecule has 0 aromatic heterocycles. The average Bonchev–Trinajstić information content (AvgIpc) is 1.87. The number of rotatable bonds is 6. The molecule has 0 rings (SSSR count). The Morgan fingerprint density at radius 3 is 2.80 bits per heavy atom. The van der Waals surface area contributed by atoms with Crippen molar-refractivity contribution in [1.29, 1.82) is 0 Å². The molecule has 0 unspecified atom stereocenters. The molecule has 0 aliphatic heterocycles. The second-order valence-electron chi connectivity index (χ2n) is 2.19. The van der Waals surface area contributed by atoms with Crippen LogP contribution >= 0.6 is 0 Å². The van der Waals surface area contributed by atoms with Crippen LogP contribution in [0.5, 0.6) is 0 Å². The zero-order valence-electron chi connectivity index (χ0n) is 6.22. The number of unbranched alkanes of at least 4 members (excludes halogenated alkanes) is 1. The highest BCUT2D eigenvalue weighted by atomic mass is 16.1. The zero-order chi connectivity index (χ0) is 7.82. The van der Waals surface area contributed by atoms with E-state index in [0.717, 1.165) is 19.3 Å². The number of carbonyl (C=O) groups is 2. The van der Waals surface area contributed by atoms with E-state index in [4.69, 9.17) is 0 Å². The Balaban J connectivity index is 2.90. The number of nitrogens with one attached hydrogen (secondary N) is 1. The third-order valence-electron chi connectivity index (χ3n) is 1.05. The number of aldehydes is 1. The molecule has 0 radical (unpaired) electrons. The van der Waals surface area contributed by atoms with Gasteiger partial charge in [-0.15, -0.1) is 0 Å². The molecule has 0 spiro atoms. The van der Waals surface area contributed by atoms with Crippen LogP contribution in [0.15, 0.2) is 0 Å². The van der Waals surface area contributed by atoms with E-state index in [1.165, 1.54) is 6.92 Å². The molecule has 10 heavy (non-hydrogen) atoms. The lowest BCUT2D eigenvalue weighted by atomic mass is 10.3. The summed E-state index contributed by atoms with van der Waals surface area (Å²) in [6.45, 7) is 2.70. The van der Waals surface area contributed by atoms with Crippen LogP contribution in [-0.4, -0.2) is 25.2 Å². The fraction of sp³-hybridized carbons (Fsp3) is 0.714. The monoisotopic (exact) mass is 143 g/mol. The molecule has 0 fully saturated rings. The SMILES string of the molecule is CC(=O)CNCCCC=O. The average molecular weight is 143 g/mol. The molecule has 0 aliphatic carbocycles. The Bertz CT molecular complexity index is 112. The Morgan fingerprint density at radius 2 is 2.30 bits per heavy atom. The summed E-state index contributed by atoms with van der Waals surface area (Å²) in [7, 11) is 0. The molecule has 0 saturated heterocycles. The molecular weight excluding hydrogens is 130 g/mol. The molecule has 0 bridgehead atoms. The highest BCUT2D eigenvalue weighted by Crippen LogP contribution is 1.79. The molecular formula is C7H13NO2. The first kappa shape index (κ1) is 9.30. The summed E-state index contributed by atoms with van der Waals surface area (Å²) in [6.07, 6.45) is 2.27. The van der Waals surface area contributed by atoms with Gasteiger partial charge in [-0.1, -0.05) is 0 Å². The van der Waals surface area contributed by atoms with Crippen molar-refractivity contribution in [2.75, 3.05) is 13.1 Å². The molecule has 0 aromatic carbocycles. The minimum Gasteiger partial charge on any atom is -0.310 e. The standard InChI is InChI=1S/C7H13NO2/c1-7(10)6-8-4-2-3-5-9/h5,8H,2-4,6H2,1H3. The van der Waals surface area contributed by atoms with E-state index in [2.05, 4.69) is 5.32 Å². The van der Waals surface area contributed by atoms with E-state index in [1.54, 1.807) is 0 Å². The number of hydrogen-bond acceptors (Lipinski definition) is 3. The number of ketones is 1. The largest absolute Gasteiger partial charge is 0.310 e. The molecule has 3 nitrogen and oxygen atoms in total. The topological polar surface area (TPSA) is 46.2 Å². The lowest BCUT2D eigenvalue weighted by Gasteiger charge is -1.97. The van der Waals surface area contributed by atoms with Gasteiger partial charge in [0.15, 0.2) is 0 Å². The van der Waals surface area contributed by atoms with Gasteiger partial charge in [-0.2, -0.15) is 0 Å². The Kier molecular flexibility index (Phi) is 5.97. The molecule has 0 amide bonds. The zero-order valence-corrected chi connectivity index (χ0v) is 6.22. The van der Waals surface area contributed by atoms with Gasteiger partial charge in [0.1, 0.15) is 12.1 Å². The fourth-order valence-corrected chi connectivity index (χ4v) is 0.575. The Morgan fingerprint density at radius 1 is 1.60 bits per heavy atom. The number of carbonyl (C=O) groups excluding carboxylic acids is 2. The van der Waals surface area contributed by atoms with Crippen LogP contribution < -0.4 is 5.32 Å². The van der Waals surface area contributed by atoms with Crippen LogP contribution in [0.2, 0.25) is 0 Å². The van der Waals surface area contributed by atoms with Crippen molar-refractivity contribution in [1.82, 2.24) is 5.32 Å². The second-order valence-corrected chi connectivity index (χ2v) is 2.19. The van der Waals surface area contributed by atoms with Crippen LogP contribution in [0, 0.1) is 0 Å². The summed E-state index contributed by atoms with van der Waals surface area (Å²) < 4.78 is 0. The quantitative estimate of drug-likeness (QED) is 0.425. The van der Waals surface area contributed by atoms with E-state index in [1.807, 2.05) is 0 Å². The minimum absolute atomic E-state index is 0.131. The smallest absolute Gasteiger partial charge is 0.143 e. The van der Waals surface area contributed by atoms with Crippen molar-refractivity contribution in [3.63, 3.8) is 0 Å². The van der Waals surface area contributed by atoms with Gasteiger partial charge in [-0.3, -0.25) is 4.79 Å². The molecule has 0 aromatic rings. The lowest BCUT2D eigenvalue weighted by molar-refractivity contribution is -0.116. The normalized spacial score (nSPS) is 9.30. The molecule has 0 saturated carbocycles. The predicted molar refractivity (Wildman–Crippen MR) is 38.8 cm³/mol. The maximum absolute atomic E-state index is 10.3. The molecule has 0 aliphatic rings. The van der Waals surface area contributed by atoms with Crippen molar-refractivity contribution in [3.8, 4) is 0 Å². The van der Waals surface area contributed by atoms with Gasteiger partial charge in [-0.05, 0) is 19.9 Å². The maximum Gasteiger partial charge on any atom is 0.143 e. The molecule has 3 heteroatoms.